The molecule has 7 nitrogen and oxygen atoms in total. The molecular formula is C14H25N3O4. The molecule has 0 saturated carbocycles. The van der Waals surface area contributed by atoms with Gasteiger partial charge in [0, 0.05) is 32.1 Å². The zero-order valence-electron chi connectivity index (χ0n) is 12.5. The van der Waals surface area contributed by atoms with E-state index in [0.29, 0.717) is 0 Å². The van der Waals surface area contributed by atoms with Crippen LogP contribution < -0.4 is 5.32 Å². The van der Waals surface area contributed by atoms with Crippen LogP contribution in [0.2, 0.25) is 0 Å². The predicted octanol–water partition coefficient (Wildman–Crippen LogP) is 0.0902. The fourth-order valence-electron chi connectivity index (χ4n) is 3.15. The fraction of sp³-hybridized carbons (Fsp3) is 0.857. The van der Waals surface area contributed by atoms with E-state index in [1.54, 1.807) is 0 Å². The third kappa shape index (κ3) is 4.07. The first-order chi connectivity index (χ1) is 10.0. The van der Waals surface area contributed by atoms with E-state index in [0.717, 1.165) is 38.9 Å². The molecule has 2 saturated heterocycles. The lowest BCUT2D eigenvalue weighted by Gasteiger charge is -2.33. The number of carbonyl (C=O) groups is 2. The molecule has 2 aliphatic rings. The van der Waals surface area contributed by atoms with Gasteiger partial charge in [0.15, 0.2) is 0 Å². The summed E-state index contributed by atoms with van der Waals surface area (Å²) in [5.74, 6) is -1.06. The highest BCUT2D eigenvalue weighted by Crippen LogP contribution is 2.19. The van der Waals surface area contributed by atoms with Crippen molar-refractivity contribution in [2.75, 3.05) is 26.2 Å². The summed E-state index contributed by atoms with van der Waals surface area (Å²) in [4.78, 5) is 27.0. The van der Waals surface area contributed by atoms with E-state index < -0.39 is 18.1 Å². The number of carboxylic acid groups (broad SMARTS) is 1. The first kappa shape index (κ1) is 16.0. The van der Waals surface area contributed by atoms with Gasteiger partial charge in [0.25, 0.3) is 0 Å². The molecule has 21 heavy (non-hydrogen) atoms. The molecule has 0 aromatic heterocycles. The van der Waals surface area contributed by atoms with Crippen molar-refractivity contribution in [1.29, 1.82) is 0 Å². The van der Waals surface area contributed by atoms with Crippen molar-refractivity contribution in [1.82, 2.24) is 15.1 Å². The highest BCUT2D eigenvalue weighted by Gasteiger charge is 2.39. The molecule has 0 bridgehead atoms. The number of amides is 2. The first-order valence-corrected chi connectivity index (χ1v) is 7.71. The van der Waals surface area contributed by atoms with Crippen molar-refractivity contribution in [3.05, 3.63) is 0 Å². The van der Waals surface area contributed by atoms with Crippen LogP contribution in [0.25, 0.3) is 0 Å². The van der Waals surface area contributed by atoms with Gasteiger partial charge in [-0.15, -0.1) is 0 Å². The number of hydrogen-bond acceptors (Lipinski definition) is 4. The van der Waals surface area contributed by atoms with Gasteiger partial charge in [0.05, 0.1) is 6.10 Å². The Hall–Kier alpha value is -1.34. The number of aliphatic carboxylic acids is 1. The highest BCUT2D eigenvalue weighted by molar-refractivity contribution is 5.83. The third-order valence-electron chi connectivity index (χ3n) is 4.28. The van der Waals surface area contributed by atoms with E-state index >= 15 is 0 Å². The Morgan fingerprint density at radius 1 is 1.29 bits per heavy atom. The Morgan fingerprint density at radius 3 is 2.52 bits per heavy atom. The van der Waals surface area contributed by atoms with Crippen LogP contribution in [0.15, 0.2) is 0 Å². The van der Waals surface area contributed by atoms with E-state index in [4.69, 9.17) is 5.11 Å². The number of rotatable bonds is 4. The van der Waals surface area contributed by atoms with Crippen LogP contribution in [0.3, 0.4) is 0 Å². The second kappa shape index (κ2) is 7.09. The van der Waals surface area contributed by atoms with Crippen molar-refractivity contribution in [2.24, 2.45) is 0 Å². The third-order valence-corrected chi connectivity index (χ3v) is 4.28. The highest BCUT2D eigenvalue weighted by atomic mass is 16.4. The summed E-state index contributed by atoms with van der Waals surface area (Å²) in [6.07, 6.45) is 2.27. The van der Waals surface area contributed by atoms with Gasteiger partial charge in [-0.05, 0) is 25.8 Å². The average Bonchev–Trinajstić information content (AvgIpc) is 2.84. The summed E-state index contributed by atoms with van der Waals surface area (Å²) < 4.78 is 0. The molecule has 2 atom stereocenters. The molecule has 0 aromatic carbocycles. The van der Waals surface area contributed by atoms with E-state index in [-0.39, 0.29) is 25.0 Å². The zero-order chi connectivity index (χ0) is 15.4. The zero-order valence-corrected chi connectivity index (χ0v) is 12.5. The standard InChI is InChI=1S/C14H25N3O4/c1-2-5-16-6-3-10(4-7-16)15-14(21)17-9-11(18)8-12(17)13(19)20/h10-12,18H,2-9H2,1H3,(H,15,21)(H,19,20)/t11-,12+/m1/s1. The minimum atomic E-state index is -1.06. The van der Waals surface area contributed by atoms with Gasteiger partial charge < -0.3 is 25.3 Å². The lowest BCUT2D eigenvalue weighted by atomic mass is 10.1. The maximum Gasteiger partial charge on any atom is 0.326 e. The molecule has 3 N–H and O–H groups in total. The lowest BCUT2D eigenvalue weighted by molar-refractivity contribution is -0.141. The Morgan fingerprint density at radius 2 is 1.95 bits per heavy atom. The quantitative estimate of drug-likeness (QED) is 0.684. The number of likely N-dealkylation sites (tertiary alicyclic amines) is 2. The van der Waals surface area contributed by atoms with Gasteiger partial charge in [0.1, 0.15) is 6.04 Å². The maximum absolute atomic E-state index is 12.2. The molecule has 2 amide bonds. The SMILES string of the molecule is CCCN1CCC(NC(=O)N2C[C@H](O)C[C@H]2C(=O)O)CC1. The van der Waals surface area contributed by atoms with E-state index in [2.05, 4.69) is 17.1 Å². The summed E-state index contributed by atoms with van der Waals surface area (Å²) in [7, 11) is 0. The molecule has 2 aliphatic heterocycles. The van der Waals surface area contributed by atoms with Crippen molar-refractivity contribution in [3.8, 4) is 0 Å². The lowest BCUT2D eigenvalue weighted by Crippen LogP contribution is -2.52. The fourth-order valence-corrected chi connectivity index (χ4v) is 3.15. The summed E-state index contributed by atoms with van der Waals surface area (Å²) in [5, 5.41) is 21.6. The van der Waals surface area contributed by atoms with Crippen LogP contribution in [-0.4, -0.2) is 76.4 Å². The molecule has 0 unspecified atom stereocenters. The van der Waals surface area contributed by atoms with Crippen LogP contribution in [0.1, 0.15) is 32.6 Å². The molecule has 2 heterocycles. The molecular weight excluding hydrogens is 274 g/mol. The van der Waals surface area contributed by atoms with E-state index in [1.807, 2.05) is 0 Å². The molecule has 120 valence electrons. The largest absolute Gasteiger partial charge is 0.480 e. The average molecular weight is 299 g/mol. The molecule has 0 spiro atoms. The van der Waals surface area contributed by atoms with Crippen LogP contribution in [0.4, 0.5) is 4.79 Å². The number of nitrogens with zero attached hydrogens (tertiary/aromatic N) is 2. The second-order valence-corrected chi connectivity index (χ2v) is 5.96. The number of aliphatic hydroxyl groups excluding tert-OH is 1. The molecule has 7 heteroatoms. The number of hydrogen-bond donors (Lipinski definition) is 3. The Labute approximate surface area is 124 Å². The molecule has 0 aliphatic carbocycles. The second-order valence-electron chi connectivity index (χ2n) is 5.96. The number of piperidine rings is 1. The predicted molar refractivity (Wildman–Crippen MR) is 77.0 cm³/mol. The van der Waals surface area contributed by atoms with Gasteiger partial charge >= 0.3 is 12.0 Å². The van der Waals surface area contributed by atoms with Crippen molar-refractivity contribution in [2.45, 2.75) is 50.8 Å². The maximum atomic E-state index is 12.2. The van der Waals surface area contributed by atoms with E-state index in [9.17, 15) is 14.7 Å². The summed E-state index contributed by atoms with van der Waals surface area (Å²) in [5.41, 5.74) is 0. The van der Waals surface area contributed by atoms with Crippen molar-refractivity contribution < 1.29 is 19.8 Å². The first-order valence-electron chi connectivity index (χ1n) is 7.71. The van der Waals surface area contributed by atoms with Gasteiger partial charge in [0.2, 0.25) is 0 Å². The van der Waals surface area contributed by atoms with Gasteiger partial charge in [-0.25, -0.2) is 9.59 Å². The number of urea groups is 1. The topological polar surface area (TPSA) is 93.1 Å². The number of β-amino-alcohol motifs (C(OH)–C–C–N with tert-alkyl or cyclic N) is 1. The monoisotopic (exact) mass is 299 g/mol. The molecule has 0 aromatic rings. The van der Waals surface area contributed by atoms with Crippen LogP contribution >= 0.6 is 0 Å². The number of nitrogens with one attached hydrogen (secondary N) is 1. The summed E-state index contributed by atoms with van der Waals surface area (Å²) >= 11 is 0. The van der Waals surface area contributed by atoms with Crippen LogP contribution in [0.5, 0.6) is 0 Å². The Kier molecular flexibility index (Phi) is 5.41. The Bertz CT molecular complexity index is 382. The minimum Gasteiger partial charge on any atom is -0.480 e. The molecule has 0 radical (unpaired) electrons. The van der Waals surface area contributed by atoms with E-state index in [1.165, 1.54) is 4.90 Å². The summed E-state index contributed by atoms with van der Waals surface area (Å²) in [6.45, 7) is 5.25. The smallest absolute Gasteiger partial charge is 0.326 e. The minimum absolute atomic E-state index is 0.0947. The van der Waals surface area contributed by atoms with Crippen LogP contribution in [-0.2, 0) is 4.79 Å². The van der Waals surface area contributed by atoms with Crippen molar-refractivity contribution in [3.63, 3.8) is 0 Å². The van der Waals surface area contributed by atoms with Gasteiger partial charge in [-0.2, -0.15) is 0 Å². The number of carbonyl (C=O) groups excluding carboxylic acids is 1. The summed E-state index contributed by atoms with van der Waals surface area (Å²) in [6, 6.07) is -1.19. The van der Waals surface area contributed by atoms with Crippen molar-refractivity contribution >= 4 is 12.0 Å². The number of aliphatic hydroxyl groups is 1. The molecule has 2 rings (SSSR count). The molecule has 2 fully saturated rings. The van der Waals surface area contributed by atoms with Gasteiger partial charge in [-0.1, -0.05) is 6.92 Å². The van der Waals surface area contributed by atoms with Gasteiger partial charge in [-0.3, -0.25) is 0 Å². The Balaban J connectivity index is 1.83. The normalized spacial score (nSPS) is 27.8. The van der Waals surface area contributed by atoms with Crippen LogP contribution in [0, 0.1) is 0 Å². The number of carboxylic acids is 1.